The maximum absolute atomic E-state index is 12.1. The van der Waals surface area contributed by atoms with Crippen molar-refractivity contribution in [2.24, 2.45) is 5.92 Å². The molecule has 0 aromatic carbocycles. The highest BCUT2D eigenvalue weighted by Gasteiger charge is 2.31. The number of carbonyl (C=O) groups is 2. The van der Waals surface area contributed by atoms with Gasteiger partial charge in [0.25, 0.3) is 5.91 Å². The van der Waals surface area contributed by atoms with Gasteiger partial charge in [0.2, 0.25) is 0 Å². The second-order valence-corrected chi connectivity index (χ2v) is 4.33. The van der Waals surface area contributed by atoms with E-state index in [1.807, 2.05) is 6.92 Å². The maximum Gasteiger partial charge on any atom is 0.308 e. The van der Waals surface area contributed by atoms with Crippen LogP contribution in [0, 0.1) is 12.8 Å². The zero-order valence-electron chi connectivity index (χ0n) is 10.4. The van der Waals surface area contributed by atoms with Crippen LogP contribution in [-0.2, 0) is 4.79 Å². The molecule has 1 aliphatic rings. The van der Waals surface area contributed by atoms with Crippen molar-refractivity contribution in [3.8, 4) is 0 Å². The first-order chi connectivity index (χ1) is 8.08. The SMILES string of the molecule is Cc1cncc(C(=O)N2CCC(C(=O)O)C2)c1.Cl.Cl. The lowest BCUT2D eigenvalue weighted by molar-refractivity contribution is -0.141. The van der Waals surface area contributed by atoms with Gasteiger partial charge in [0, 0.05) is 25.5 Å². The van der Waals surface area contributed by atoms with Crippen molar-refractivity contribution in [1.82, 2.24) is 9.88 Å². The number of carbonyl (C=O) groups excluding carboxylic acids is 1. The number of amides is 1. The minimum Gasteiger partial charge on any atom is -0.481 e. The van der Waals surface area contributed by atoms with Crippen LogP contribution >= 0.6 is 24.8 Å². The summed E-state index contributed by atoms with van der Waals surface area (Å²) >= 11 is 0. The molecule has 0 spiro atoms. The number of aryl methyl sites for hydroxylation is 1. The van der Waals surface area contributed by atoms with Gasteiger partial charge >= 0.3 is 5.97 Å². The van der Waals surface area contributed by atoms with E-state index in [9.17, 15) is 9.59 Å². The molecule has 1 amide bonds. The molecular formula is C12H16Cl2N2O3. The second-order valence-electron chi connectivity index (χ2n) is 4.33. The van der Waals surface area contributed by atoms with Crippen LogP contribution in [0.25, 0.3) is 0 Å². The van der Waals surface area contributed by atoms with E-state index in [0.717, 1.165) is 5.56 Å². The molecule has 1 saturated heterocycles. The van der Waals surface area contributed by atoms with Gasteiger partial charge in [0.05, 0.1) is 11.5 Å². The molecule has 0 radical (unpaired) electrons. The summed E-state index contributed by atoms with van der Waals surface area (Å²) in [6.45, 7) is 2.67. The number of carboxylic acid groups (broad SMARTS) is 1. The Balaban J connectivity index is 0.00000162. The largest absolute Gasteiger partial charge is 0.481 e. The number of hydrogen-bond donors (Lipinski definition) is 1. The van der Waals surface area contributed by atoms with Crippen LogP contribution in [0.4, 0.5) is 0 Å². The average Bonchev–Trinajstić information content (AvgIpc) is 2.77. The Bertz CT molecular complexity index is 468. The van der Waals surface area contributed by atoms with Crippen LogP contribution in [0.2, 0.25) is 0 Å². The fourth-order valence-corrected chi connectivity index (χ4v) is 2.00. The molecule has 1 atom stereocenters. The Kier molecular flexibility index (Phi) is 6.79. The average molecular weight is 307 g/mol. The first kappa shape index (κ1) is 17.7. The molecule has 1 unspecified atom stereocenters. The third kappa shape index (κ3) is 4.08. The number of halogens is 2. The molecule has 1 N–H and O–H groups in total. The third-order valence-electron chi connectivity index (χ3n) is 2.95. The van der Waals surface area contributed by atoms with E-state index >= 15 is 0 Å². The molecule has 0 saturated carbocycles. The number of nitrogens with zero attached hydrogens (tertiary/aromatic N) is 2. The maximum atomic E-state index is 12.1. The van der Waals surface area contributed by atoms with Crippen molar-refractivity contribution in [2.75, 3.05) is 13.1 Å². The molecule has 0 aliphatic carbocycles. The second kappa shape index (κ2) is 7.31. The van der Waals surface area contributed by atoms with E-state index in [4.69, 9.17) is 5.11 Å². The number of carboxylic acids is 1. The Morgan fingerprint density at radius 2 is 2.05 bits per heavy atom. The topological polar surface area (TPSA) is 70.5 Å². The lowest BCUT2D eigenvalue weighted by Gasteiger charge is -2.15. The van der Waals surface area contributed by atoms with Crippen molar-refractivity contribution >= 4 is 36.7 Å². The van der Waals surface area contributed by atoms with Crippen LogP contribution in [0.3, 0.4) is 0 Å². The summed E-state index contributed by atoms with van der Waals surface area (Å²) in [6.07, 6.45) is 3.73. The van der Waals surface area contributed by atoms with E-state index in [2.05, 4.69) is 4.98 Å². The van der Waals surface area contributed by atoms with Crippen LogP contribution in [0.5, 0.6) is 0 Å². The smallest absolute Gasteiger partial charge is 0.308 e. The van der Waals surface area contributed by atoms with E-state index in [0.29, 0.717) is 25.1 Å². The van der Waals surface area contributed by atoms with Crippen LogP contribution in [-0.4, -0.2) is 40.0 Å². The Morgan fingerprint density at radius 3 is 2.58 bits per heavy atom. The number of pyridine rings is 1. The first-order valence-corrected chi connectivity index (χ1v) is 5.51. The van der Waals surface area contributed by atoms with Gasteiger partial charge in [0.1, 0.15) is 0 Å². The van der Waals surface area contributed by atoms with Gasteiger partial charge in [-0.3, -0.25) is 14.6 Å². The van der Waals surface area contributed by atoms with Crippen LogP contribution in [0.15, 0.2) is 18.5 Å². The highest BCUT2D eigenvalue weighted by Crippen LogP contribution is 2.18. The summed E-state index contributed by atoms with van der Waals surface area (Å²) < 4.78 is 0. The summed E-state index contributed by atoms with van der Waals surface area (Å²) in [5, 5.41) is 8.88. The number of hydrogen-bond acceptors (Lipinski definition) is 3. The fraction of sp³-hybridized carbons (Fsp3) is 0.417. The van der Waals surface area contributed by atoms with Gasteiger partial charge in [-0.15, -0.1) is 24.8 Å². The van der Waals surface area contributed by atoms with Crippen LogP contribution < -0.4 is 0 Å². The lowest BCUT2D eigenvalue weighted by Crippen LogP contribution is -2.30. The molecule has 1 fully saturated rings. The Morgan fingerprint density at radius 1 is 1.37 bits per heavy atom. The molecule has 106 valence electrons. The third-order valence-corrected chi connectivity index (χ3v) is 2.95. The minimum absolute atomic E-state index is 0. The van der Waals surface area contributed by atoms with Gasteiger partial charge < -0.3 is 10.0 Å². The number of likely N-dealkylation sites (tertiary alicyclic amines) is 1. The van der Waals surface area contributed by atoms with Gasteiger partial charge in [-0.25, -0.2) is 0 Å². The molecule has 1 aromatic heterocycles. The first-order valence-electron chi connectivity index (χ1n) is 5.51. The summed E-state index contributed by atoms with van der Waals surface area (Å²) in [6, 6.07) is 1.77. The van der Waals surface area contributed by atoms with E-state index in [-0.39, 0.29) is 30.7 Å². The summed E-state index contributed by atoms with van der Waals surface area (Å²) in [5.41, 5.74) is 1.45. The molecule has 2 heterocycles. The zero-order valence-corrected chi connectivity index (χ0v) is 12.0. The van der Waals surface area contributed by atoms with Crippen LogP contribution in [0.1, 0.15) is 22.3 Å². The molecule has 0 bridgehead atoms. The van der Waals surface area contributed by atoms with Gasteiger partial charge in [-0.05, 0) is 25.0 Å². The monoisotopic (exact) mass is 306 g/mol. The summed E-state index contributed by atoms with van der Waals surface area (Å²) in [5.74, 6) is -1.40. The number of aromatic nitrogens is 1. The predicted molar refractivity (Wildman–Crippen MR) is 75.1 cm³/mol. The molecule has 1 aliphatic heterocycles. The fourth-order valence-electron chi connectivity index (χ4n) is 2.00. The molecule has 19 heavy (non-hydrogen) atoms. The number of rotatable bonds is 2. The van der Waals surface area contributed by atoms with Crippen molar-refractivity contribution in [3.63, 3.8) is 0 Å². The normalized spacial score (nSPS) is 17.3. The Labute approximate surface area is 123 Å². The summed E-state index contributed by atoms with van der Waals surface area (Å²) in [4.78, 5) is 28.4. The zero-order chi connectivity index (χ0) is 12.4. The highest BCUT2D eigenvalue weighted by molar-refractivity contribution is 5.94. The van der Waals surface area contributed by atoms with Crippen molar-refractivity contribution in [3.05, 3.63) is 29.6 Å². The highest BCUT2D eigenvalue weighted by atomic mass is 35.5. The lowest BCUT2D eigenvalue weighted by atomic mass is 10.1. The Hall–Kier alpha value is -1.33. The molecule has 7 heteroatoms. The summed E-state index contributed by atoms with van der Waals surface area (Å²) in [7, 11) is 0. The van der Waals surface area contributed by atoms with Crippen molar-refractivity contribution < 1.29 is 14.7 Å². The van der Waals surface area contributed by atoms with Gasteiger partial charge in [-0.1, -0.05) is 0 Å². The minimum atomic E-state index is -0.831. The van der Waals surface area contributed by atoms with E-state index in [1.54, 1.807) is 17.2 Å². The van der Waals surface area contributed by atoms with Crippen molar-refractivity contribution in [2.45, 2.75) is 13.3 Å². The molecule has 1 aromatic rings. The van der Waals surface area contributed by atoms with Gasteiger partial charge in [0.15, 0.2) is 0 Å². The molecule has 5 nitrogen and oxygen atoms in total. The molecular weight excluding hydrogens is 291 g/mol. The van der Waals surface area contributed by atoms with E-state index in [1.165, 1.54) is 6.20 Å². The predicted octanol–water partition coefficient (Wildman–Crippen LogP) is 1.78. The number of aliphatic carboxylic acids is 1. The van der Waals surface area contributed by atoms with E-state index < -0.39 is 11.9 Å². The van der Waals surface area contributed by atoms with Crippen molar-refractivity contribution in [1.29, 1.82) is 0 Å². The standard InChI is InChI=1S/C12H14N2O3.2ClH/c1-8-4-10(6-13-5-8)11(15)14-3-2-9(7-14)12(16)17;;/h4-6,9H,2-3,7H2,1H3,(H,16,17);2*1H. The molecule has 2 rings (SSSR count). The quantitative estimate of drug-likeness (QED) is 0.904. The van der Waals surface area contributed by atoms with Gasteiger partial charge in [-0.2, -0.15) is 0 Å².